The summed E-state index contributed by atoms with van der Waals surface area (Å²) >= 11 is 0. The van der Waals surface area contributed by atoms with Crippen LogP contribution in [-0.4, -0.2) is 29.0 Å². The largest absolute Gasteiger partial charge is 0.489 e. The second-order valence-corrected chi connectivity index (χ2v) is 5.74. The molecule has 0 spiro atoms. The van der Waals surface area contributed by atoms with E-state index < -0.39 is 15.3 Å². The van der Waals surface area contributed by atoms with Crippen molar-refractivity contribution in [2.45, 2.75) is 13.0 Å². The van der Waals surface area contributed by atoms with E-state index in [1.165, 1.54) is 17.7 Å². The lowest BCUT2D eigenvalue weighted by molar-refractivity contribution is -0.384. The van der Waals surface area contributed by atoms with Gasteiger partial charge in [0.2, 0.25) is 0 Å². The van der Waals surface area contributed by atoms with Gasteiger partial charge in [-0.25, -0.2) is 0 Å². The summed E-state index contributed by atoms with van der Waals surface area (Å²) in [6.07, 6.45) is 0.850. The quantitative estimate of drug-likeness (QED) is 0.327. The van der Waals surface area contributed by atoms with Crippen LogP contribution in [-0.2, 0) is 23.4 Å². The lowest BCUT2D eigenvalue weighted by atomic mass is 10.1. The van der Waals surface area contributed by atoms with Crippen LogP contribution in [0.2, 0.25) is 0 Å². The number of nitro groups is 1. The highest BCUT2D eigenvalue weighted by Gasteiger charge is 2.04. The smallest absolute Gasteiger partial charge is 0.394 e. The van der Waals surface area contributed by atoms with Crippen LogP contribution in [0, 0.1) is 10.1 Å². The topological polar surface area (TPSA) is 188 Å². The van der Waals surface area contributed by atoms with Crippen LogP contribution in [0.3, 0.4) is 0 Å². The fraction of sp³-hybridized carbons (Fsp3) is 0.200. The Labute approximate surface area is 150 Å². The van der Waals surface area contributed by atoms with E-state index in [1.54, 1.807) is 12.1 Å². The first-order chi connectivity index (χ1) is 11.7. The summed E-state index contributed by atoms with van der Waals surface area (Å²) in [4.78, 5) is 10.1. The van der Waals surface area contributed by atoms with E-state index >= 15 is 0 Å². The van der Waals surface area contributed by atoms with E-state index in [1.807, 2.05) is 24.3 Å². The van der Waals surface area contributed by atoms with Gasteiger partial charge < -0.3 is 16.6 Å². The van der Waals surface area contributed by atoms with Gasteiger partial charge in [0.05, 0.1) is 4.92 Å². The Morgan fingerprint density at radius 3 is 1.88 bits per heavy atom. The van der Waals surface area contributed by atoms with Crippen molar-refractivity contribution in [2.24, 2.45) is 5.73 Å². The predicted octanol–water partition coefficient (Wildman–Crippen LogP) is 2.18. The standard InChI is InChI=1S/C15H16N2O3.H3N.H2O4S/c16-10-9-12-3-7-15(8-4-12)20-11-13-1-5-14(6-2-13)17(18)19;;1-5(2,3)4/h1-8H,9-11,16H2;1H3;(H2,1,2,3,4). The van der Waals surface area contributed by atoms with Crippen molar-refractivity contribution in [3.63, 3.8) is 0 Å². The molecule has 0 unspecified atom stereocenters. The molecule has 2 rings (SSSR count). The molecule has 0 aromatic heterocycles. The number of hydrogen-bond acceptors (Lipinski definition) is 7. The zero-order valence-corrected chi connectivity index (χ0v) is 14.6. The third-order valence-electron chi connectivity index (χ3n) is 2.91. The molecule has 0 aliphatic rings. The molecule has 0 bridgehead atoms. The number of nitrogens with zero attached hydrogens (tertiary/aromatic N) is 1. The first kappa shape index (κ1) is 23.4. The monoisotopic (exact) mass is 387 g/mol. The second kappa shape index (κ2) is 11.1. The number of hydrogen-bond donors (Lipinski definition) is 4. The van der Waals surface area contributed by atoms with Crippen LogP contribution in [0.1, 0.15) is 11.1 Å². The van der Waals surface area contributed by atoms with Crippen molar-refractivity contribution in [3.8, 4) is 5.75 Å². The molecule has 0 aliphatic heterocycles. The van der Waals surface area contributed by atoms with Crippen molar-refractivity contribution in [1.29, 1.82) is 0 Å². The highest BCUT2D eigenvalue weighted by Crippen LogP contribution is 2.16. The van der Waals surface area contributed by atoms with E-state index in [0.29, 0.717) is 13.2 Å². The van der Waals surface area contributed by atoms with Crippen LogP contribution >= 0.6 is 0 Å². The third kappa shape index (κ3) is 10.3. The maximum atomic E-state index is 10.5. The lowest BCUT2D eigenvalue weighted by Crippen LogP contribution is -2.02. The fourth-order valence-corrected chi connectivity index (χ4v) is 1.80. The molecule has 0 amide bonds. The van der Waals surface area contributed by atoms with Gasteiger partial charge in [0.1, 0.15) is 12.4 Å². The van der Waals surface area contributed by atoms with Crippen LogP contribution in [0.25, 0.3) is 0 Å². The molecule has 10 nitrogen and oxygen atoms in total. The molecular weight excluding hydrogens is 366 g/mol. The zero-order chi connectivity index (χ0) is 18.9. The van der Waals surface area contributed by atoms with Gasteiger partial charge in [-0.2, -0.15) is 8.42 Å². The minimum Gasteiger partial charge on any atom is -0.489 e. The molecule has 2 aromatic rings. The third-order valence-corrected chi connectivity index (χ3v) is 2.91. The number of ether oxygens (including phenoxy) is 1. The van der Waals surface area contributed by atoms with Crippen LogP contribution in [0.4, 0.5) is 5.69 Å². The Hall–Kier alpha value is -2.57. The number of rotatable bonds is 6. The Morgan fingerprint density at radius 1 is 1.00 bits per heavy atom. The van der Waals surface area contributed by atoms with Gasteiger partial charge in [-0.05, 0) is 48.4 Å². The predicted molar refractivity (Wildman–Crippen MR) is 95.8 cm³/mol. The lowest BCUT2D eigenvalue weighted by Gasteiger charge is -2.07. The maximum absolute atomic E-state index is 10.5. The molecule has 0 fully saturated rings. The molecule has 0 aliphatic carbocycles. The number of non-ortho nitro benzene ring substituents is 1. The highest BCUT2D eigenvalue weighted by atomic mass is 32.3. The first-order valence-corrected chi connectivity index (χ1v) is 8.44. The molecule has 0 saturated carbocycles. The molecule has 2 aromatic carbocycles. The summed E-state index contributed by atoms with van der Waals surface area (Å²) < 4.78 is 37.2. The molecule has 0 radical (unpaired) electrons. The van der Waals surface area contributed by atoms with Crippen molar-refractivity contribution in [1.82, 2.24) is 6.15 Å². The van der Waals surface area contributed by atoms with E-state index in [9.17, 15) is 10.1 Å². The highest BCUT2D eigenvalue weighted by molar-refractivity contribution is 7.79. The van der Waals surface area contributed by atoms with Crippen molar-refractivity contribution in [3.05, 3.63) is 69.8 Å². The van der Waals surface area contributed by atoms with E-state index in [2.05, 4.69) is 0 Å². The van der Waals surface area contributed by atoms with Gasteiger partial charge in [-0.3, -0.25) is 19.2 Å². The average molecular weight is 387 g/mol. The van der Waals surface area contributed by atoms with Gasteiger partial charge in [0, 0.05) is 12.1 Å². The second-order valence-electron chi connectivity index (χ2n) is 4.84. The molecule has 0 atom stereocenters. The molecule has 144 valence electrons. The fourth-order valence-electron chi connectivity index (χ4n) is 1.80. The van der Waals surface area contributed by atoms with Gasteiger partial charge in [0.15, 0.2) is 0 Å². The number of nitro benzene ring substituents is 1. The Kier molecular flexibility index (Phi) is 10.0. The normalized spacial score (nSPS) is 10.1. The minimum atomic E-state index is -4.67. The van der Waals surface area contributed by atoms with Crippen LogP contribution in [0.15, 0.2) is 48.5 Å². The molecule has 0 heterocycles. The molecule has 7 N–H and O–H groups in total. The minimum absolute atomic E-state index is 0. The molecule has 26 heavy (non-hydrogen) atoms. The molecule has 0 saturated heterocycles. The zero-order valence-electron chi connectivity index (χ0n) is 13.8. The van der Waals surface area contributed by atoms with Crippen molar-refractivity contribution in [2.75, 3.05) is 6.54 Å². The van der Waals surface area contributed by atoms with Gasteiger partial charge in [0.25, 0.3) is 5.69 Å². The van der Waals surface area contributed by atoms with E-state index in [4.69, 9.17) is 28.0 Å². The SMILES string of the molecule is N.NCCc1ccc(OCc2ccc([N+](=O)[O-])cc2)cc1.O=S(=O)(O)O. The Balaban J connectivity index is 0.000000923. The average Bonchev–Trinajstić information content (AvgIpc) is 2.53. The Bertz CT molecular complexity index is 770. The van der Waals surface area contributed by atoms with Crippen molar-refractivity contribution >= 4 is 16.1 Å². The number of nitrogens with two attached hydrogens (primary N) is 1. The van der Waals surface area contributed by atoms with Gasteiger partial charge in [-0.1, -0.05) is 12.1 Å². The van der Waals surface area contributed by atoms with Crippen LogP contribution < -0.4 is 16.6 Å². The van der Waals surface area contributed by atoms with E-state index in [0.717, 1.165) is 17.7 Å². The Morgan fingerprint density at radius 2 is 1.46 bits per heavy atom. The summed E-state index contributed by atoms with van der Waals surface area (Å²) in [5.41, 5.74) is 7.64. The van der Waals surface area contributed by atoms with Crippen molar-refractivity contribution < 1.29 is 27.2 Å². The summed E-state index contributed by atoms with van der Waals surface area (Å²) in [5.74, 6) is 0.768. The summed E-state index contributed by atoms with van der Waals surface area (Å²) in [5, 5.41) is 10.5. The molecular formula is C15H21N3O7S. The summed E-state index contributed by atoms with van der Waals surface area (Å²) in [6, 6.07) is 14.1. The van der Waals surface area contributed by atoms with Gasteiger partial charge in [-0.15, -0.1) is 0 Å². The first-order valence-electron chi connectivity index (χ1n) is 7.04. The summed E-state index contributed by atoms with van der Waals surface area (Å²) in [7, 11) is -4.67. The summed E-state index contributed by atoms with van der Waals surface area (Å²) in [6.45, 7) is 1.01. The number of benzene rings is 2. The van der Waals surface area contributed by atoms with E-state index in [-0.39, 0.29) is 11.8 Å². The molecule has 11 heteroatoms. The van der Waals surface area contributed by atoms with Gasteiger partial charge >= 0.3 is 10.4 Å². The van der Waals surface area contributed by atoms with Crippen LogP contribution in [0.5, 0.6) is 5.75 Å². The maximum Gasteiger partial charge on any atom is 0.394 e.